The molecule has 0 saturated heterocycles. The minimum atomic E-state index is -0.886. The van der Waals surface area contributed by atoms with Crippen LogP contribution in [0.5, 0.6) is 0 Å². The van der Waals surface area contributed by atoms with Gasteiger partial charge in [-0.3, -0.25) is 4.98 Å². The van der Waals surface area contributed by atoms with E-state index in [4.69, 9.17) is 4.74 Å². The number of cyclic esters (lactones) is 1. The molecule has 0 saturated carbocycles. The van der Waals surface area contributed by atoms with Crippen molar-refractivity contribution in [1.29, 1.82) is 0 Å². The van der Waals surface area contributed by atoms with Gasteiger partial charge in [0.25, 0.3) is 0 Å². The first-order valence-electron chi connectivity index (χ1n) is 9.93. The van der Waals surface area contributed by atoms with Crippen molar-refractivity contribution in [2.45, 2.75) is 30.6 Å². The summed E-state index contributed by atoms with van der Waals surface area (Å²) in [5.41, 5.74) is 2.21. The summed E-state index contributed by atoms with van der Waals surface area (Å²) < 4.78 is 6.06. The minimum Gasteiger partial charge on any atom is -0.511 e. The fraction of sp³-hybridized carbons (Fsp3) is 0.200. The number of esters is 1. The molecule has 1 aliphatic heterocycles. The summed E-state index contributed by atoms with van der Waals surface area (Å²) in [6.07, 6.45) is 5.07. The van der Waals surface area contributed by atoms with Crippen LogP contribution in [0.4, 0.5) is 0 Å². The molecule has 1 atom stereocenters. The fourth-order valence-corrected chi connectivity index (χ4v) is 4.58. The van der Waals surface area contributed by atoms with E-state index in [0.717, 1.165) is 16.7 Å². The van der Waals surface area contributed by atoms with Crippen molar-refractivity contribution < 1.29 is 14.6 Å². The number of carbonyl (C=O) groups excluding carboxylic acids is 1. The third-order valence-electron chi connectivity index (χ3n) is 5.28. The van der Waals surface area contributed by atoms with Crippen LogP contribution in [0, 0.1) is 0 Å². The van der Waals surface area contributed by atoms with E-state index in [0.29, 0.717) is 23.5 Å². The van der Waals surface area contributed by atoms with Gasteiger partial charge in [-0.25, -0.2) is 4.79 Å². The number of pyridine rings is 1. The van der Waals surface area contributed by atoms with Gasteiger partial charge in [-0.05, 0) is 41.7 Å². The summed E-state index contributed by atoms with van der Waals surface area (Å²) in [6.45, 7) is 0. The van der Waals surface area contributed by atoms with Gasteiger partial charge in [-0.1, -0.05) is 60.7 Å². The van der Waals surface area contributed by atoms with Crippen LogP contribution < -0.4 is 0 Å². The Labute approximate surface area is 180 Å². The van der Waals surface area contributed by atoms with E-state index < -0.39 is 11.6 Å². The molecular formula is C25H23NO3S. The van der Waals surface area contributed by atoms with Crippen LogP contribution >= 0.6 is 11.8 Å². The molecule has 0 aliphatic carbocycles. The van der Waals surface area contributed by atoms with Crippen LogP contribution in [-0.4, -0.2) is 16.1 Å². The number of aryl methyl sites for hydroxylation is 1. The molecule has 1 aliphatic rings. The summed E-state index contributed by atoms with van der Waals surface area (Å²) in [6, 6.07) is 23.5. The van der Waals surface area contributed by atoms with Crippen molar-refractivity contribution in [1.82, 2.24) is 4.98 Å². The molecule has 2 heterocycles. The van der Waals surface area contributed by atoms with Gasteiger partial charge in [-0.15, -0.1) is 11.8 Å². The lowest BCUT2D eigenvalue weighted by Gasteiger charge is -2.37. The van der Waals surface area contributed by atoms with Gasteiger partial charge in [0.2, 0.25) is 0 Å². The van der Waals surface area contributed by atoms with Gasteiger partial charge < -0.3 is 9.84 Å². The molecule has 0 bridgehead atoms. The number of hydrogen-bond acceptors (Lipinski definition) is 5. The Morgan fingerprint density at radius 2 is 1.60 bits per heavy atom. The van der Waals surface area contributed by atoms with E-state index in [1.165, 1.54) is 11.8 Å². The van der Waals surface area contributed by atoms with E-state index in [-0.39, 0.29) is 12.2 Å². The second-order valence-corrected chi connectivity index (χ2v) is 8.32. The molecule has 4 rings (SSSR count). The van der Waals surface area contributed by atoms with E-state index in [9.17, 15) is 9.90 Å². The van der Waals surface area contributed by atoms with Gasteiger partial charge in [0, 0.05) is 18.1 Å². The number of rotatable bonds is 7. The van der Waals surface area contributed by atoms with Gasteiger partial charge in [0.1, 0.15) is 16.3 Å². The zero-order chi connectivity index (χ0) is 20.8. The van der Waals surface area contributed by atoms with E-state index in [2.05, 4.69) is 4.98 Å². The zero-order valence-corrected chi connectivity index (χ0v) is 17.3. The lowest BCUT2D eigenvalue weighted by atomic mass is 9.83. The summed E-state index contributed by atoms with van der Waals surface area (Å²) >= 11 is 1.32. The van der Waals surface area contributed by atoms with Crippen LogP contribution in [0.2, 0.25) is 0 Å². The SMILES string of the molecule is O=C1OC(CCc2ccncc2)(c2ccccc2)CC(O)=C1SCc1ccccc1. The summed E-state index contributed by atoms with van der Waals surface area (Å²) in [5.74, 6) is 0.244. The van der Waals surface area contributed by atoms with E-state index >= 15 is 0 Å². The van der Waals surface area contributed by atoms with Gasteiger partial charge in [0.15, 0.2) is 0 Å². The van der Waals surface area contributed by atoms with E-state index in [1.54, 1.807) is 12.4 Å². The molecule has 0 fully saturated rings. The highest BCUT2D eigenvalue weighted by molar-refractivity contribution is 8.03. The molecule has 4 nitrogen and oxygen atoms in total. The summed E-state index contributed by atoms with van der Waals surface area (Å²) in [5, 5.41) is 10.9. The average molecular weight is 418 g/mol. The average Bonchev–Trinajstić information content (AvgIpc) is 2.79. The molecule has 0 spiro atoms. The molecule has 0 radical (unpaired) electrons. The first-order chi connectivity index (χ1) is 14.7. The molecule has 1 unspecified atom stereocenters. The molecule has 2 aromatic carbocycles. The molecule has 152 valence electrons. The Kier molecular flexibility index (Phi) is 6.19. The van der Waals surface area contributed by atoms with Crippen molar-refractivity contribution in [3.8, 4) is 0 Å². The van der Waals surface area contributed by atoms with Crippen LogP contribution in [-0.2, 0) is 27.3 Å². The first kappa shape index (κ1) is 20.2. The number of carbonyl (C=O) groups is 1. The number of aromatic nitrogens is 1. The highest BCUT2D eigenvalue weighted by atomic mass is 32.2. The quantitative estimate of drug-likeness (QED) is 0.510. The molecule has 1 aromatic heterocycles. The Bertz CT molecular complexity index is 1020. The molecule has 30 heavy (non-hydrogen) atoms. The maximum atomic E-state index is 13.0. The van der Waals surface area contributed by atoms with Gasteiger partial charge >= 0.3 is 5.97 Å². The molecule has 3 aromatic rings. The van der Waals surface area contributed by atoms with Gasteiger partial charge in [0.05, 0.1) is 6.42 Å². The highest BCUT2D eigenvalue weighted by Crippen LogP contribution is 2.44. The number of ether oxygens (including phenoxy) is 1. The van der Waals surface area contributed by atoms with Gasteiger partial charge in [-0.2, -0.15) is 0 Å². The predicted octanol–water partition coefficient (Wildman–Crippen LogP) is 5.56. The maximum absolute atomic E-state index is 13.0. The zero-order valence-electron chi connectivity index (χ0n) is 16.5. The minimum absolute atomic E-state index is 0.103. The molecule has 5 heteroatoms. The molecule has 0 amide bonds. The second-order valence-electron chi connectivity index (χ2n) is 7.33. The summed E-state index contributed by atoms with van der Waals surface area (Å²) in [7, 11) is 0. The second kappa shape index (κ2) is 9.18. The van der Waals surface area contributed by atoms with Crippen molar-refractivity contribution in [2.24, 2.45) is 0 Å². The highest BCUT2D eigenvalue weighted by Gasteiger charge is 2.43. The smallest absolute Gasteiger partial charge is 0.348 e. The Morgan fingerprint density at radius 1 is 0.933 bits per heavy atom. The third-order valence-corrected chi connectivity index (χ3v) is 6.45. The topological polar surface area (TPSA) is 59.4 Å². The number of thioether (sulfide) groups is 1. The number of aliphatic hydroxyl groups is 1. The Balaban J connectivity index is 1.58. The monoisotopic (exact) mass is 417 g/mol. The van der Waals surface area contributed by atoms with Crippen molar-refractivity contribution >= 4 is 17.7 Å². The number of aliphatic hydroxyl groups excluding tert-OH is 1. The summed E-state index contributed by atoms with van der Waals surface area (Å²) in [4.78, 5) is 17.3. The van der Waals surface area contributed by atoms with Crippen LogP contribution in [0.1, 0.15) is 29.5 Å². The third kappa shape index (κ3) is 4.57. The van der Waals surface area contributed by atoms with Crippen molar-refractivity contribution in [2.75, 3.05) is 0 Å². The van der Waals surface area contributed by atoms with Crippen LogP contribution in [0.3, 0.4) is 0 Å². The maximum Gasteiger partial charge on any atom is 0.348 e. The standard InChI is InChI=1S/C25H23NO3S/c27-22-17-25(21-9-5-2-6-10-21,14-11-19-12-15-26-16-13-19)29-24(28)23(22)30-18-20-7-3-1-4-8-20/h1-10,12-13,15-16,27H,11,14,17-18H2. The van der Waals surface area contributed by atoms with Crippen molar-refractivity contribution in [3.05, 3.63) is 113 Å². The first-order valence-corrected chi connectivity index (χ1v) is 10.9. The molecular weight excluding hydrogens is 394 g/mol. The molecule has 1 N–H and O–H groups in total. The van der Waals surface area contributed by atoms with Crippen LogP contribution in [0.15, 0.2) is 95.9 Å². The van der Waals surface area contributed by atoms with Crippen molar-refractivity contribution in [3.63, 3.8) is 0 Å². The lowest BCUT2D eigenvalue weighted by Crippen LogP contribution is -2.38. The Morgan fingerprint density at radius 3 is 2.27 bits per heavy atom. The fourth-order valence-electron chi connectivity index (χ4n) is 3.68. The Hall–Kier alpha value is -3.05. The lowest BCUT2D eigenvalue weighted by molar-refractivity contribution is -0.160. The number of hydrogen-bond donors (Lipinski definition) is 1. The number of nitrogens with zero attached hydrogens (tertiary/aromatic N) is 1. The van der Waals surface area contributed by atoms with E-state index in [1.807, 2.05) is 72.8 Å². The predicted molar refractivity (Wildman–Crippen MR) is 119 cm³/mol. The van der Waals surface area contributed by atoms with Crippen LogP contribution in [0.25, 0.3) is 0 Å². The normalized spacial score (nSPS) is 18.9. The number of benzene rings is 2. The largest absolute Gasteiger partial charge is 0.511 e.